The number of anilines is 6. The first kappa shape index (κ1) is 45.2. The van der Waals surface area contributed by atoms with Gasteiger partial charge in [0, 0.05) is 64.3 Å². The maximum atomic E-state index is 5.31. The van der Waals surface area contributed by atoms with Crippen LogP contribution in [0.25, 0.3) is 79.5 Å². The van der Waals surface area contributed by atoms with Crippen molar-refractivity contribution in [2.24, 2.45) is 0 Å². The molecule has 0 spiro atoms. The fourth-order valence-electron chi connectivity index (χ4n) is 9.91. The third kappa shape index (κ3) is 8.55. The third-order valence-electron chi connectivity index (χ3n) is 13.5. The number of rotatable bonds is 9. The van der Waals surface area contributed by atoms with E-state index >= 15 is 0 Å². The van der Waals surface area contributed by atoms with Crippen molar-refractivity contribution in [2.45, 2.75) is 19.6 Å². The summed E-state index contributed by atoms with van der Waals surface area (Å²) in [4.78, 5) is 40.8. The molecule has 0 saturated carbocycles. The second-order valence-corrected chi connectivity index (χ2v) is 20.5. The summed E-state index contributed by atoms with van der Waals surface area (Å²) in [5.74, 6) is 3.45. The number of nitrogens with zero attached hydrogens (tertiary/aromatic N) is 8. The molecule has 10 heteroatoms. The van der Waals surface area contributed by atoms with Crippen molar-refractivity contribution in [1.82, 2.24) is 29.9 Å². The van der Waals surface area contributed by atoms with Crippen LogP contribution in [0.15, 0.2) is 274 Å². The monoisotopic (exact) mass is 1010 g/mol. The summed E-state index contributed by atoms with van der Waals surface area (Å²) >= 11 is 3.57. The van der Waals surface area contributed by atoms with E-state index in [9.17, 15) is 0 Å². The molecule has 0 amide bonds. The standard InChI is InChI=1S/C66H42N8S2/c1-5-21-43(22-6-1)61-67-62(44-23-7-2-8-24-44)70-65(69-61)49-37-47(39-51(41-49)73-53-29-13-17-33-57(53)75-58-34-18-14-30-54(58)73)48-38-50(42-52(40-48)74-55-31-15-19-35-59(55)76-60-36-20-16-32-56(60)74)66-71-63(45-25-9-3-10-26-45)68-64(72-66)46-27-11-4-12-28-46/h1-42H. The summed E-state index contributed by atoms with van der Waals surface area (Å²) in [5.41, 5.74) is 13.4. The average Bonchev–Trinajstić information content (AvgIpc) is 3.55. The largest absolute Gasteiger partial charge is 0.308 e. The van der Waals surface area contributed by atoms with Crippen molar-refractivity contribution >= 4 is 57.6 Å². The molecule has 0 bridgehead atoms. The molecule has 2 aliphatic heterocycles. The van der Waals surface area contributed by atoms with Gasteiger partial charge in [0.05, 0.1) is 22.7 Å². The predicted molar refractivity (Wildman–Crippen MR) is 309 cm³/mol. The zero-order chi connectivity index (χ0) is 50.4. The zero-order valence-electron chi connectivity index (χ0n) is 40.6. The highest BCUT2D eigenvalue weighted by atomic mass is 32.2. The minimum Gasteiger partial charge on any atom is -0.308 e. The molecule has 2 aromatic heterocycles. The van der Waals surface area contributed by atoms with Gasteiger partial charge in [0.2, 0.25) is 0 Å². The number of hydrogen-bond acceptors (Lipinski definition) is 10. The first-order chi connectivity index (χ1) is 37.6. The SMILES string of the molecule is c1ccc(-c2nc(-c3ccccc3)nc(-c3cc(-c4cc(-c5nc(-c6ccccc6)nc(-c6ccccc6)n5)cc(N5c6ccccc6Sc6ccccc65)c4)cc(N4c5ccccc5Sc5ccccc54)c3)n2)cc1. The van der Waals surface area contributed by atoms with Crippen LogP contribution in [-0.2, 0) is 0 Å². The van der Waals surface area contributed by atoms with Crippen molar-refractivity contribution in [3.05, 3.63) is 255 Å². The molecule has 2 aliphatic rings. The minimum absolute atomic E-state index is 0.550. The molecule has 0 unspecified atom stereocenters. The normalized spacial score (nSPS) is 12.3. The Morgan fingerprint density at radius 2 is 0.434 bits per heavy atom. The number of benzene rings is 10. The summed E-state index contributed by atoms with van der Waals surface area (Å²) in [7, 11) is 0. The molecule has 0 radical (unpaired) electrons. The lowest BCUT2D eigenvalue weighted by atomic mass is 9.97. The highest BCUT2D eigenvalue weighted by Crippen LogP contribution is 2.54. The molecule has 0 N–H and O–H groups in total. The van der Waals surface area contributed by atoms with Gasteiger partial charge in [-0.25, -0.2) is 29.9 Å². The number of hydrogen-bond donors (Lipinski definition) is 0. The smallest absolute Gasteiger partial charge is 0.164 e. The molecule has 358 valence electrons. The van der Waals surface area contributed by atoms with Gasteiger partial charge in [0.25, 0.3) is 0 Å². The Balaban J connectivity index is 1.05. The van der Waals surface area contributed by atoms with Gasteiger partial charge in [-0.2, -0.15) is 0 Å². The van der Waals surface area contributed by atoms with E-state index in [0.29, 0.717) is 34.9 Å². The van der Waals surface area contributed by atoms with Crippen LogP contribution in [0, 0.1) is 0 Å². The molecular weight excluding hydrogens is 969 g/mol. The van der Waals surface area contributed by atoms with Gasteiger partial charge in [-0.3, -0.25) is 0 Å². The molecule has 8 nitrogen and oxygen atoms in total. The molecular formula is C66H42N8S2. The Bertz CT molecular complexity index is 3670. The Hall–Kier alpha value is -9.48. The van der Waals surface area contributed by atoms with E-state index in [1.54, 1.807) is 23.5 Å². The van der Waals surface area contributed by atoms with E-state index in [2.05, 4.69) is 143 Å². The lowest BCUT2D eigenvalue weighted by Crippen LogP contribution is -2.15. The van der Waals surface area contributed by atoms with E-state index in [1.807, 2.05) is 121 Å². The Morgan fingerprint density at radius 3 is 0.711 bits per heavy atom. The summed E-state index contributed by atoms with van der Waals surface area (Å²) in [6, 6.07) is 88.5. The van der Waals surface area contributed by atoms with Crippen LogP contribution in [0.1, 0.15) is 0 Å². The van der Waals surface area contributed by atoms with Gasteiger partial charge in [0.15, 0.2) is 34.9 Å². The van der Waals surface area contributed by atoms with Crippen LogP contribution in [0.4, 0.5) is 34.1 Å². The van der Waals surface area contributed by atoms with Gasteiger partial charge in [-0.15, -0.1) is 0 Å². The van der Waals surface area contributed by atoms with E-state index in [-0.39, 0.29) is 0 Å². The van der Waals surface area contributed by atoms with Crippen LogP contribution in [0.5, 0.6) is 0 Å². The molecule has 0 fully saturated rings. The number of para-hydroxylation sites is 4. The highest BCUT2D eigenvalue weighted by Gasteiger charge is 2.29. The Morgan fingerprint density at radius 1 is 0.211 bits per heavy atom. The second kappa shape index (κ2) is 19.4. The first-order valence-corrected chi connectivity index (χ1v) is 26.6. The predicted octanol–water partition coefficient (Wildman–Crippen LogP) is 17.6. The number of aromatic nitrogens is 6. The van der Waals surface area contributed by atoms with Gasteiger partial charge in [0.1, 0.15) is 0 Å². The average molecular weight is 1010 g/mol. The fourth-order valence-corrected chi connectivity index (χ4v) is 12.0. The van der Waals surface area contributed by atoms with Crippen LogP contribution in [-0.4, -0.2) is 29.9 Å². The molecule has 12 aromatic rings. The van der Waals surface area contributed by atoms with Gasteiger partial charge < -0.3 is 9.80 Å². The quantitative estimate of drug-likeness (QED) is 0.139. The summed E-state index contributed by atoms with van der Waals surface area (Å²) in [6.07, 6.45) is 0. The van der Waals surface area contributed by atoms with E-state index in [4.69, 9.17) is 29.9 Å². The van der Waals surface area contributed by atoms with Crippen molar-refractivity contribution in [3.8, 4) is 79.5 Å². The first-order valence-electron chi connectivity index (χ1n) is 25.0. The minimum atomic E-state index is 0.550. The van der Waals surface area contributed by atoms with Crippen molar-refractivity contribution in [3.63, 3.8) is 0 Å². The van der Waals surface area contributed by atoms with Gasteiger partial charge >= 0.3 is 0 Å². The lowest BCUT2D eigenvalue weighted by molar-refractivity contribution is 1.07. The molecule has 0 aliphatic carbocycles. The van der Waals surface area contributed by atoms with E-state index in [1.165, 1.54) is 0 Å². The topological polar surface area (TPSA) is 83.8 Å². The summed E-state index contributed by atoms with van der Waals surface area (Å²) in [5, 5.41) is 0. The molecule has 4 heterocycles. The maximum absolute atomic E-state index is 5.31. The van der Waals surface area contributed by atoms with E-state index in [0.717, 1.165) is 98.2 Å². The summed E-state index contributed by atoms with van der Waals surface area (Å²) in [6.45, 7) is 0. The summed E-state index contributed by atoms with van der Waals surface area (Å²) < 4.78 is 0. The van der Waals surface area contributed by atoms with Crippen molar-refractivity contribution < 1.29 is 0 Å². The lowest BCUT2D eigenvalue weighted by Gasteiger charge is -2.34. The van der Waals surface area contributed by atoms with Gasteiger partial charge in [-0.1, -0.05) is 193 Å². The number of fused-ring (bicyclic) bond motifs is 4. The fraction of sp³-hybridized carbons (Fsp3) is 0. The van der Waals surface area contributed by atoms with Crippen LogP contribution >= 0.6 is 23.5 Å². The Kier molecular flexibility index (Phi) is 11.5. The van der Waals surface area contributed by atoms with Crippen LogP contribution < -0.4 is 9.80 Å². The van der Waals surface area contributed by atoms with Crippen molar-refractivity contribution in [2.75, 3.05) is 9.80 Å². The Labute approximate surface area is 448 Å². The molecule has 0 atom stereocenters. The molecule has 0 saturated heterocycles. The highest BCUT2D eigenvalue weighted by molar-refractivity contribution is 8.00. The molecule has 76 heavy (non-hydrogen) atoms. The van der Waals surface area contributed by atoms with Crippen LogP contribution in [0.2, 0.25) is 0 Å². The molecule has 10 aromatic carbocycles. The maximum Gasteiger partial charge on any atom is 0.164 e. The third-order valence-corrected chi connectivity index (χ3v) is 15.7. The van der Waals surface area contributed by atoms with E-state index < -0.39 is 0 Å². The van der Waals surface area contributed by atoms with Crippen LogP contribution in [0.3, 0.4) is 0 Å². The zero-order valence-corrected chi connectivity index (χ0v) is 42.3. The van der Waals surface area contributed by atoms with Gasteiger partial charge in [-0.05, 0) is 96.1 Å². The second-order valence-electron chi connectivity index (χ2n) is 18.4. The molecule has 14 rings (SSSR count). The van der Waals surface area contributed by atoms with Crippen molar-refractivity contribution in [1.29, 1.82) is 0 Å².